The second-order valence-electron chi connectivity index (χ2n) is 7.96. The average Bonchev–Trinajstić information content (AvgIpc) is 2.59. The van der Waals surface area contributed by atoms with E-state index in [1.807, 2.05) is 4.90 Å². The maximum Gasteiger partial charge on any atom is 0.225 e. The standard InChI is InChI=1S/C18H35N3O4S/c1-4-11-25-17-12-14(5-6-16(17)20-13(2)3)18(22)21-9-7-15(8-10-21)26(19,23)24/h13-17,20H,4-12H2,1-3H3,(H2,19,23,24)/t14-,16-,17-/m0/s1. The summed E-state index contributed by atoms with van der Waals surface area (Å²) in [6, 6.07) is 0.677. The van der Waals surface area contributed by atoms with Gasteiger partial charge in [0.1, 0.15) is 0 Å². The van der Waals surface area contributed by atoms with Crippen LogP contribution in [-0.4, -0.2) is 62.4 Å². The zero-order chi connectivity index (χ0) is 19.3. The molecule has 1 saturated carbocycles. The molecule has 7 nitrogen and oxygen atoms in total. The third-order valence-electron chi connectivity index (χ3n) is 5.44. The number of hydrogen-bond acceptors (Lipinski definition) is 5. The largest absolute Gasteiger partial charge is 0.377 e. The van der Waals surface area contributed by atoms with Crippen molar-refractivity contribution in [3.05, 3.63) is 0 Å². The minimum absolute atomic E-state index is 0.0342. The van der Waals surface area contributed by atoms with Crippen molar-refractivity contribution in [2.24, 2.45) is 11.1 Å². The molecule has 2 fully saturated rings. The van der Waals surface area contributed by atoms with E-state index in [4.69, 9.17) is 9.88 Å². The number of carbonyl (C=O) groups is 1. The molecule has 0 bridgehead atoms. The molecule has 2 aliphatic rings. The predicted molar refractivity (Wildman–Crippen MR) is 102 cm³/mol. The summed E-state index contributed by atoms with van der Waals surface area (Å²) in [5, 5.41) is 8.30. The zero-order valence-electron chi connectivity index (χ0n) is 16.3. The lowest BCUT2D eigenvalue weighted by atomic mass is 9.82. The molecular weight excluding hydrogens is 354 g/mol. The van der Waals surface area contributed by atoms with E-state index in [-0.39, 0.29) is 17.9 Å². The van der Waals surface area contributed by atoms with E-state index in [9.17, 15) is 13.2 Å². The fourth-order valence-corrected chi connectivity index (χ4v) is 4.96. The normalized spacial score (nSPS) is 28.5. The van der Waals surface area contributed by atoms with Crippen molar-refractivity contribution < 1.29 is 17.9 Å². The number of likely N-dealkylation sites (tertiary alicyclic amines) is 1. The second-order valence-corrected chi connectivity index (χ2v) is 9.81. The molecule has 0 aromatic rings. The summed E-state index contributed by atoms with van der Waals surface area (Å²) in [5.74, 6) is 0.110. The molecule has 0 aromatic carbocycles. The van der Waals surface area contributed by atoms with Gasteiger partial charge in [0.15, 0.2) is 0 Å². The molecule has 1 aliphatic carbocycles. The summed E-state index contributed by atoms with van der Waals surface area (Å²) >= 11 is 0. The van der Waals surface area contributed by atoms with Crippen LogP contribution in [0.1, 0.15) is 59.3 Å². The highest BCUT2D eigenvalue weighted by molar-refractivity contribution is 7.89. The third kappa shape index (κ3) is 5.90. The fraction of sp³-hybridized carbons (Fsp3) is 0.944. The Balaban J connectivity index is 1.93. The predicted octanol–water partition coefficient (Wildman–Crippen LogP) is 1.23. The molecule has 0 spiro atoms. The number of ether oxygens (including phenoxy) is 1. The first-order valence-corrected chi connectivity index (χ1v) is 11.5. The van der Waals surface area contributed by atoms with Crippen LogP contribution < -0.4 is 10.5 Å². The molecule has 8 heteroatoms. The highest BCUT2D eigenvalue weighted by Gasteiger charge is 2.38. The molecule has 0 unspecified atom stereocenters. The Labute approximate surface area is 158 Å². The van der Waals surface area contributed by atoms with Crippen molar-refractivity contribution in [3.8, 4) is 0 Å². The first kappa shape index (κ1) is 21.6. The van der Waals surface area contributed by atoms with E-state index in [1.165, 1.54) is 0 Å². The van der Waals surface area contributed by atoms with Gasteiger partial charge in [-0.25, -0.2) is 13.6 Å². The van der Waals surface area contributed by atoms with Gasteiger partial charge in [-0.1, -0.05) is 20.8 Å². The molecule has 26 heavy (non-hydrogen) atoms. The number of carbonyl (C=O) groups excluding carboxylic acids is 1. The van der Waals surface area contributed by atoms with Gasteiger partial charge in [0.2, 0.25) is 15.9 Å². The molecule has 152 valence electrons. The molecule has 2 rings (SSSR count). The van der Waals surface area contributed by atoms with Crippen LogP contribution in [0.5, 0.6) is 0 Å². The van der Waals surface area contributed by atoms with Crippen molar-refractivity contribution in [2.75, 3.05) is 19.7 Å². The number of hydrogen-bond donors (Lipinski definition) is 2. The van der Waals surface area contributed by atoms with Crippen LogP contribution in [0.25, 0.3) is 0 Å². The maximum absolute atomic E-state index is 12.9. The van der Waals surface area contributed by atoms with Crippen LogP contribution in [0.15, 0.2) is 0 Å². The van der Waals surface area contributed by atoms with Gasteiger partial charge in [-0.15, -0.1) is 0 Å². The van der Waals surface area contributed by atoms with Crippen molar-refractivity contribution >= 4 is 15.9 Å². The molecule has 1 heterocycles. The van der Waals surface area contributed by atoms with Crippen LogP contribution in [0.2, 0.25) is 0 Å². The van der Waals surface area contributed by atoms with E-state index in [0.29, 0.717) is 44.6 Å². The summed E-state index contributed by atoms with van der Waals surface area (Å²) in [7, 11) is -3.50. The van der Waals surface area contributed by atoms with E-state index in [0.717, 1.165) is 25.7 Å². The van der Waals surface area contributed by atoms with Crippen LogP contribution in [0, 0.1) is 5.92 Å². The van der Waals surface area contributed by atoms with Crippen molar-refractivity contribution in [3.63, 3.8) is 0 Å². The first-order chi connectivity index (χ1) is 12.2. The second kappa shape index (κ2) is 9.48. The first-order valence-electron chi connectivity index (χ1n) is 9.90. The van der Waals surface area contributed by atoms with E-state index in [2.05, 4.69) is 26.1 Å². The quantitative estimate of drug-likeness (QED) is 0.682. The van der Waals surface area contributed by atoms with Gasteiger partial charge in [0.05, 0.1) is 11.4 Å². The summed E-state index contributed by atoms with van der Waals surface area (Å²) in [6.45, 7) is 8.01. The molecule has 3 atom stereocenters. The maximum atomic E-state index is 12.9. The van der Waals surface area contributed by atoms with Crippen LogP contribution in [0.3, 0.4) is 0 Å². The van der Waals surface area contributed by atoms with Gasteiger partial charge in [0, 0.05) is 37.7 Å². The SMILES string of the molecule is CCCO[C@H]1C[C@@H](C(=O)N2CCC(S(N)(=O)=O)CC2)CC[C@@H]1NC(C)C. The number of nitrogens with zero attached hydrogens (tertiary/aromatic N) is 1. The van der Waals surface area contributed by atoms with E-state index < -0.39 is 15.3 Å². The van der Waals surface area contributed by atoms with Gasteiger partial charge >= 0.3 is 0 Å². The van der Waals surface area contributed by atoms with Crippen molar-refractivity contribution in [1.82, 2.24) is 10.2 Å². The monoisotopic (exact) mass is 389 g/mol. The van der Waals surface area contributed by atoms with E-state index in [1.54, 1.807) is 0 Å². The Morgan fingerprint density at radius 2 is 1.88 bits per heavy atom. The lowest BCUT2D eigenvalue weighted by Gasteiger charge is -2.40. The van der Waals surface area contributed by atoms with Crippen LogP contribution >= 0.6 is 0 Å². The van der Waals surface area contributed by atoms with E-state index >= 15 is 0 Å². The lowest BCUT2D eigenvalue weighted by molar-refractivity contribution is -0.140. The third-order valence-corrected chi connectivity index (χ3v) is 6.84. The number of nitrogens with one attached hydrogen (secondary N) is 1. The fourth-order valence-electron chi connectivity index (χ4n) is 4.09. The molecule has 0 aromatic heterocycles. The summed E-state index contributed by atoms with van der Waals surface area (Å²) in [5.41, 5.74) is 0. The Morgan fingerprint density at radius 3 is 2.42 bits per heavy atom. The average molecular weight is 390 g/mol. The molecular formula is C18H35N3O4S. The Morgan fingerprint density at radius 1 is 1.23 bits per heavy atom. The number of amides is 1. The zero-order valence-corrected chi connectivity index (χ0v) is 17.1. The summed E-state index contributed by atoms with van der Waals surface area (Å²) in [4.78, 5) is 14.7. The van der Waals surface area contributed by atoms with Gasteiger partial charge in [0.25, 0.3) is 0 Å². The van der Waals surface area contributed by atoms with Crippen LogP contribution in [-0.2, 0) is 19.6 Å². The molecule has 1 amide bonds. The molecule has 3 N–H and O–H groups in total. The number of primary sulfonamides is 1. The minimum Gasteiger partial charge on any atom is -0.377 e. The van der Waals surface area contributed by atoms with Gasteiger partial charge in [-0.3, -0.25) is 4.79 Å². The van der Waals surface area contributed by atoms with Crippen molar-refractivity contribution in [1.29, 1.82) is 0 Å². The van der Waals surface area contributed by atoms with Crippen LogP contribution in [0.4, 0.5) is 0 Å². The minimum atomic E-state index is -3.50. The Hall–Kier alpha value is -0.700. The van der Waals surface area contributed by atoms with Gasteiger partial charge < -0.3 is 15.0 Å². The topological polar surface area (TPSA) is 102 Å². The smallest absolute Gasteiger partial charge is 0.225 e. The highest BCUT2D eigenvalue weighted by atomic mass is 32.2. The number of nitrogens with two attached hydrogens (primary N) is 1. The molecule has 1 aliphatic heterocycles. The summed E-state index contributed by atoms with van der Waals surface area (Å²) in [6.07, 6.45) is 4.40. The van der Waals surface area contributed by atoms with Crippen molar-refractivity contribution in [2.45, 2.75) is 82.7 Å². The lowest BCUT2D eigenvalue weighted by Crippen LogP contribution is -2.52. The highest BCUT2D eigenvalue weighted by Crippen LogP contribution is 2.30. The summed E-state index contributed by atoms with van der Waals surface area (Å²) < 4.78 is 29.0. The van der Waals surface area contributed by atoms with Gasteiger partial charge in [-0.05, 0) is 38.5 Å². The van der Waals surface area contributed by atoms with Gasteiger partial charge in [-0.2, -0.15) is 0 Å². The number of rotatable bonds is 7. The Bertz CT molecular complexity index is 559. The Kier molecular flexibility index (Phi) is 7.88. The molecule has 1 saturated heterocycles. The molecule has 0 radical (unpaired) electrons. The number of sulfonamides is 1. The number of piperidine rings is 1.